The Morgan fingerprint density at radius 1 is 1.04 bits per heavy atom. The van der Waals surface area contributed by atoms with Crippen molar-refractivity contribution in [1.82, 2.24) is 4.72 Å². The molecule has 0 atom stereocenters. The number of cyclic esters (lactones) is 1. The Hall–Kier alpha value is -2.93. The van der Waals surface area contributed by atoms with Gasteiger partial charge in [0.1, 0.15) is 6.61 Å². The molecule has 0 bridgehead atoms. The molecule has 2 aromatic carbocycles. The molecule has 1 amide bonds. The number of rotatable bonds is 5. The van der Waals surface area contributed by atoms with Gasteiger partial charge in [0.15, 0.2) is 0 Å². The van der Waals surface area contributed by atoms with Crippen LogP contribution in [-0.2, 0) is 24.3 Å². The zero-order chi connectivity index (χ0) is 18.7. The van der Waals surface area contributed by atoms with Crippen molar-refractivity contribution in [3.8, 4) is 0 Å². The predicted octanol–water partition coefficient (Wildman–Crippen LogP) is 2.37. The van der Waals surface area contributed by atoms with Gasteiger partial charge in [-0.05, 0) is 23.3 Å². The summed E-state index contributed by atoms with van der Waals surface area (Å²) in [5.74, 6) is -1.03. The summed E-state index contributed by atoms with van der Waals surface area (Å²) in [4.78, 5) is 23.5. The number of amides is 1. The molecule has 0 saturated carbocycles. The van der Waals surface area contributed by atoms with E-state index in [9.17, 15) is 18.0 Å². The Balaban J connectivity index is 1.97. The number of hydrogen-bond acceptors (Lipinski definition) is 5. The van der Waals surface area contributed by atoms with Crippen LogP contribution in [0.3, 0.4) is 0 Å². The highest BCUT2D eigenvalue weighted by Gasteiger charge is 2.27. The van der Waals surface area contributed by atoms with Crippen LogP contribution in [0, 0.1) is 0 Å². The summed E-state index contributed by atoms with van der Waals surface area (Å²) < 4.78 is 31.4. The highest BCUT2D eigenvalue weighted by molar-refractivity contribution is 7.90. The third-order valence-electron chi connectivity index (χ3n) is 4.00. The molecule has 7 heteroatoms. The van der Waals surface area contributed by atoms with Gasteiger partial charge in [-0.1, -0.05) is 49.4 Å². The molecular formula is C19H17NO5S. The number of carbonyl (C=O) groups is 2. The summed E-state index contributed by atoms with van der Waals surface area (Å²) in [6.07, 6.45) is 0.0659. The van der Waals surface area contributed by atoms with E-state index in [0.29, 0.717) is 11.1 Å². The largest absolute Gasteiger partial charge is 0.457 e. The van der Waals surface area contributed by atoms with Crippen LogP contribution in [0.4, 0.5) is 0 Å². The summed E-state index contributed by atoms with van der Waals surface area (Å²) in [6.45, 7) is 1.74. The number of sulfonamides is 1. The molecule has 0 fully saturated rings. The molecule has 6 nitrogen and oxygen atoms in total. The maximum atomic E-state index is 12.2. The Labute approximate surface area is 151 Å². The first-order valence-electron chi connectivity index (χ1n) is 8.04. The van der Waals surface area contributed by atoms with E-state index in [1.54, 1.807) is 6.92 Å². The van der Waals surface area contributed by atoms with Crippen LogP contribution >= 0.6 is 0 Å². The third-order valence-corrected chi connectivity index (χ3v) is 5.39. The standard InChI is InChI=1S/C19H17NO5S/c1-2-17(21)20-26(23,24)15-10-8-14(9-11-15)18-16(12-25-19(18)22)13-6-4-3-5-7-13/h3-11H,2,12H2,1H3,(H,20,21). The minimum Gasteiger partial charge on any atom is -0.457 e. The maximum absolute atomic E-state index is 12.2. The van der Waals surface area contributed by atoms with Crippen molar-refractivity contribution in [3.63, 3.8) is 0 Å². The highest BCUT2D eigenvalue weighted by Crippen LogP contribution is 2.33. The third kappa shape index (κ3) is 3.52. The van der Waals surface area contributed by atoms with Crippen molar-refractivity contribution >= 4 is 33.0 Å². The monoisotopic (exact) mass is 371 g/mol. The molecule has 26 heavy (non-hydrogen) atoms. The summed E-state index contributed by atoms with van der Waals surface area (Å²) in [5.41, 5.74) is 2.61. The quantitative estimate of drug-likeness (QED) is 0.815. The zero-order valence-corrected chi connectivity index (χ0v) is 14.9. The number of nitrogens with one attached hydrogen (secondary N) is 1. The Morgan fingerprint density at radius 3 is 2.31 bits per heavy atom. The number of esters is 1. The lowest BCUT2D eigenvalue weighted by Crippen LogP contribution is -2.29. The van der Waals surface area contributed by atoms with Crippen molar-refractivity contribution in [3.05, 3.63) is 65.7 Å². The average Bonchev–Trinajstić information content (AvgIpc) is 3.03. The van der Waals surface area contributed by atoms with Gasteiger partial charge in [0.2, 0.25) is 5.91 Å². The molecule has 0 radical (unpaired) electrons. The van der Waals surface area contributed by atoms with Crippen LogP contribution in [0.25, 0.3) is 11.1 Å². The van der Waals surface area contributed by atoms with E-state index in [2.05, 4.69) is 0 Å². The number of benzene rings is 2. The first-order chi connectivity index (χ1) is 12.4. The second-order valence-corrected chi connectivity index (χ2v) is 7.38. The van der Waals surface area contributed by atoms with Gasteiger partial charge in [0.05, 0.1) is 10.5 Å². The van der Waals surface area contributed by atoms with Crippen molar-refractivity contribution in [1.29, 1.82) is 0 Å². The molecule has 0 aromatic heterocycles. The SMILES string of the molecule is CCC(=O)NS(=O)(=O)c1ccc(C2=C(c3ccccc3)COC2=O)cc1. The first kappa shape index (κ1) is 17.9. The summed E-state index contributed by atoms with van der Waals surface area (Å²) in [6, 6.07) is 15.2. The van der Waals surface area contributed by atoms with E-state index in [0.717, 1.165) is 11.1 Å². The Bertz CT molecular complexity index is 976. The fourth-order valence-corrected chi connectivity index (χ4v) is 3.70. The molecule has 134 valence electrons. The van der Waals surface area contributed by atoms with Crippen LogP contribution in [0.15, 0.2) is 59.5 Å². The predicted molar refractivity (Wildman–Crippen MR) is 96.3 cm³/mol. The minimum atomic E-state index is -3.92. The van der Waals surface area contributed by atoms with Crippen LogP contribution in [0.5, 0.6) is 0 Å². The summed E-state index contributed by atoms with van der Waals surface area (Å²) >= 11 is 0. The molecule has 0 aliphatic carbocycles. The lowest BCUT2D eigenvalue weighted by Gasteiger charge is -2.08. The van der Waals surface area contributed by atoms with Gasteiger partial charge < -0.3 is 4.74 Å². The van der Waals surface area contributed by atoms with Gasteiger partial charge in [0, 0.05) is 12.0 Å². The van der Waals surface area contributed by atoms with Crippen molar-refractivity contribution in [2.24, 2.45) is 0 Å². The van der Waals surface area contributed by atoms with Crippen LogP contribution in [0.2, 0.25) is 0 Å². The Kier molecular flexibility index (Phi) is 4.90. The molecule has 0 saturated heterocycles. The van der Waals surface area contributed by atoms with Crippen molar-refractivity contribution in [2.75, 3.05) is 6.61 Å². The smallest absolute Gasteiger partial charge is 0.339 e. The molecule has 0 unspecified atom stereocenters. The minimum absolute atomic E-state index is 0.0451. The van der Waals surface area contributed by atoms with E-state index in [1.807, 2.05) is 35.1 Å². The van der Waals surface area contributed by atoms with E-state index in [1.165, 1.54) is 24.3 Å². The fourth-order valence-electron chi connectivity index (χ4n) is 2.65. The van der Waals surface area contributed by atoms with Gasteiger partial charge in [-0.25, -0.2) is 17.9 Å². The molecule has 1 aliphatic heterocycles. The molecule has 2 aromatic rings. The van der Waals surface area contributed by atoms with Gasteiger partial charge in [0.25, 0.3) is 10.0 Å². The molecule has 1 heterocycles. The molecular weight excluding hydrogens is 354 g/mol. The maximum Gasteiger partial charge on any atom is 0.339 e. The van der Waals surface area contributed by atoms with Gasteiger partial charge >= 0.3 is 5.97 Å². The topological polar surface area (TPSA) is 89.5 Å². The fraction of sp³-hybridized carbons (Fsp3) is 0.158. The number of ether oxygens (including phenoxy) is 1. The van der Waals surface area contributed by atoms with E-state index in [-0.39, 0.29) is 17.9 Å². The molecule has 1 aliphatic rings. The van der Waals surface area contributed by atoms with Gasteiger partial charge in [-0.2, -0.15) is 0 Å². The average molecular weight is 371 g/mol. The van der Waals surface area contributed by atoms with Gasteiger partial charge in [-0.3, -0.25) is 4.79 Å². The van der Waals surface area contributed by atoms with E-state index in [4.69, 9.17) is 4.74 Å². The second-order valence-electron chi connectivity index (χ2n) is 5.70. The lowest BCUT2D eigenvalue weighted by atomic mass is 9.97. The van der Waals surface area contributed by atoms with E-state index >= 15 is 0 Å². The van der Waals surface area contributed by atoms with Crippen molar-refractivity contribution < 1.29 is 22.7 Å². The van der Waals surface area contributed by atoms with E-state index < -0.39 is 21.9 Å². The van der Waals surface area contributed by atoms with Crippen molar-refractivity contribution in [2.45, 2.75) is 18.2 Å². The second kappa shape index (κ2) is 7.13. The number of hydrogen-bond donors (Lipinski definition) is 1. The highest BCUT2D eigenvalue weighted by atomic mass is 32.2. The molecule has 1 N–H and O–H groups in total. The first-order valence-corrected chi connectivity index (χ1v) is 9.52. The van der Waals surface area contributed by atoms with Crippen LogP contribution in [0.1, 0.15) is 24.5 Å². The number of carbonyl (C=O) groups excluding carboxylic acids is 2. The zero-order valence-electron chi connectivity index (χ0n) is 14.1. The molecule has 0 spiro atoms. The Morgan fingerprint density at radius 2 is 1.69 bits per heavy atom. The van der Waals surface area contributed by atoms with Gasteiger partial charge in [-0.15, -0.1) is 0 Å². The van der Waals surface area contributed by atoms with Crippen LogP contribution in [-0.4, -0.2) is 26.9 Å². The normalized spacial score (nSPS) is 14.3. The summed E-state index contributed by atoms with van der Waals surface area (Å²) in [5, 5.41) is 0. The molecule has 3 rings (SSSR count). The summed E-state index contributed by atoms with van der Waals surface area (Å²) in [7, 11) is -3.92. The lowest BCUT2D eigenvalue weighted by molar-refractivity contribution is -0.133. The van der Waals surface area contributed by atoms with Crippen LogP contribution < -0.4 is 4.72 Å².